The summed E-state index contributed by atoms with van der Waals surface area (Å²) in [5, 5.41) is 40.0. The van der Waals surface area contributed by atoms with Crippen molar-refractivity contribution in [2.24, 2.45) is 0 Å². The maximum atomic E-state index is 12.9. The molecule has 2 aromatic rings. The highest BCUT2D eigenvalue weighted by Crippen LogP contribution is 2.42. The maximum Gasteiger partial charge on any atom is 0.295 e. The molecule has 2 unspecified atom stereocenters. The smallest absolute Gasteiger partial charge is 0.295 e. The van der Waals surface area contributed by atoms with Crippen molar-refractivity contribution in [1.29, 1.82) is 5.26 Å². The summed E-state index contributed by atoms with van der Waals surface area (Å²) in [6, 6.07) is 8.06. The van der Waals surface area contributed by atoms with Crippen LogP contribution in [0, 0.1) is 31.6 Å². The number of hydrogen-bond acceptors (Lipinski definition) is 10. The van der Waals surface area contributed by atoms with Gasteiger partial charge in [-0.05, 0) is 50.6 Å². The Morgan fingerprint density at radius 3 is 2.53 bits per heavy atom. The summed E-state index contributed by atoms with van der Waals surface area (Å²) in [7, 11) is 0. The number of hydrogen-bond donors (Lipinski definition) is 1. The van der Waals surface area contributed by atoms with Gasteiger partial charge in [-0.1, -0.05) is 0 Å². The third-order valence-corrected chi connectivity index (χ3v) is 5.50. The molecule has 0 radical (unpaired) electrons. The Hall–Kier alpha value is -4.18. The molecule has 0 aliphatic carbocycles. The molecule has 0 saturated carbocycles. The fraction of sp³-hybridized carbons (Fsp3) is 0.429. The van der Waals surface area contributed by atoms with Crippen LogP contribution in [0.4, 0.5) is 0 Å². The first-order valence-corrected chi connectivity index (χ1v) is 10.2. The van der Waals surface area contributed by atoms with E-state index in [1.165, 1.54) is 29.8 Å². The van der Waals surface area contributed by atoms with Gasteiger partial charge in [0.25, 0.3) is 15.7 Å². The molecule has 180 valence electrons. The van der Waals surface area contributed by atoms with Crippen molar-refractivity contribution in [1.82, 2.24) is 4.57 Å². The number of nitrogens with zero attached hydrogens (tertiary/aromatic N) is 4. The Labute approximate surface area is 192 Å². The second kappa shape index (κ2) is 9.36. The fourth-order valence-corrected chi connectivity index (χ4v) is 3.90. The number of aromatic nitrogens is 1. The molecule has 34 heavy (non-hydrogen) atoms. The van der Waals surface area contributed by atoms with Crippen LogP contribution >= 0.6 is 0 Å². The average molecular weight is 474 g/mol. The number of pyridine rings is 1. The Morgan fingerprint density at radius 1 is 1.24 bits per heavy atom. The Morgan fingerprint density at radius 2 is 1.91 bits per heavy atom. The van der Waals surface area contributed by atoms with Crippen LogP contribution in [-0.2, 0) is 9.68 Å². The summed E-state index contributed by atoms with van der Waals surface area (Å²) >= 11 is 0. The van der Waals surface area contributed by atoms with Gasteiger partial charge in [-0.25, -0.2) is 0 Å². The van der Waals surface area contributed by atoms with E-state index in [-0.39, 0.29) is 17.5 Å². The first kappa shape index (κ1) is 24.5. The molecule has 0 fully saturated rings. The predicted octanol–water partition coefficient (Wildman–Crippen LogP) is 2.08. The first-order chi connectivity index (χ1) is 15.9. The zero-order valence-corrected chi connectivity index (χ0v) is 18.5. The quantitative estimate of drug-likeness (QED) is 0.439. The lowest BCUT2D eigenvalue weighted by Crippen LogP contribution is -2.52. The standard InChI is InChI=1S/C21H22N4O9/c1-12(33-24(28)29)8-17(34-25(30)31)14-5-7-18(26)23(11-14)19-15-9-13(10-22)4-6-16(15)32-21(2,3)20(19)27/h4-7,9,11-12,17,19-20,27H,8H2,1-3H3/t12?,17?,19-,20+/m1/s1. The van der Waals surface area contributed by atoms with Gasteiger partial charge in [0.2, 0.25) is 0 Å². The minimum Gasteiger partial charge on any atom is -0.485 e. The van der Waals surface area contributed by atoms with Gasteiger partial charge in [0.15, 0.2) is 0 Å². The molecule has 2 heterocycles. The normalized spacial score (nSPS) is 20.1. The third-order valence-electron chi connectivity index (χ3n) is 5.50. The number of fused-ring (bicyclic) bond motifs is 1. The molecule has 1 aromatic heterocycles. The van der Waals surface area contributed by atoms with Crippen molar-refractivity contribution in [3.8, 4) is 11.8 Å². The lowest BCUT2D eigenvalue weighted by molar-refractivity contribution is -0.780. The van der Waals surface area contributed by atoms with Gasteiger partial charge in [-0.15, -0.1) is 20.2 Å². The molecule has 0 amide bonds. The van der Waals surface area contributed by atoms with Crippen LogP contribution in [-0.4, -0.2) is 37.7 Å². The largest absolute Gasteiger partial charge is 0.485 e. The average Bonchev–Trinajstić information content (AvgIpc) is 2.73. The molecule has 0 spiro atoms. The van der Waals surface area contributed by atoms with E-state index < -0.39 is 45.7 Å². The zero-order chi connectivity index (χ0) is 25.2. The van der Waals surface area contributed by atoms with Gasteiger partial charge >= 0.3 is 0 Å². The van der Waals surface area contributed by atoms with Crippen LogP contribution in [0.15, 0.2) is 41.3 Å². The topological polar surface area (TPSA) is 180 Å². The minimum absolute atomic E-state index is 0.157. The molecule has 0 saturated heterocycles. The SMILES string of the molecule is CC(CC(O[N+](=O)[O-])c1ccc(=O)n([C@@H]2c3cc(C#N)ccc3OC(C)(C)[C@H]2O)c1)O[N+](=O)[O-]. The van der Waals surface area contributed by atoms with Crippen molar-refractivity contribution >= 4 is 0 Å². The van der Waals surface area contributed by atoms with Crippen molar-refractivity contribution in [3.05, 3.63) is 83.8 Å². The highest BCUT2D eigenvalue weighted by Gasteiger charge is 2.44. The molecule has 1 aliphatic rings. The second-order valence-electron chi connectivity index (χ2n) is 8.36. The van der Waals surface area contributed by atoms with Crippen LogP contribution in [0.2, 0.25) is 0 Å². The van der Waals surface area contributed by atoms with Crippen LogP contribution < -0.4 is 10.3 Å². The Kier molecular flexibility index (Phi) is 6.73. The summed E-state index contributed by atoms with van der Waals surface area (Å²) in [5.41, 5.74) is -0.838. The van der Waals surface area contributed by atoms with E-state index in [1.807, 2.05) is 6.07 Å². The molecular formula is C21H22N4O9. The van der Waals surface area contributed by atoms with Crippen molar-refractivity contribution in [2.75, 3.05) is 0 Å². The molecule has 3 rings (SSSR count). The van der Waals surface area contributed by atoms with Crippen molar-refractivity contribution in [3.63, 3.8) is 0 Å². The molecule has 1 aliphatic heterocycles. The van der Waals surface area contributed by atoms with Crippen LogP contribution in [0.25, 0.3) is 0 Å². The van der Waals surface area contributed by atoms with E-state index in [0.717, 1.165) is 6.07 Å². The number of benzene rings is 1. The molecule has 0 bridgehead atoms. The van der Waals surface area contributed by atoms with E-state index in [9.17, 15) is 35.4 Å². The van der Waals surface area contributed by atoms with E-state index in [4.69, 9.17) is 9.57 Å². The molecule has 13 nitrogen and oxygen atoms in total. The predicted molar refractivity (Wildman–Crippen MR) is 114 cm³/mol. The van der Waals surface area contributed by atoms with Crippen molar-refractivity contribution in [2.45, 2.75) is 57.1 Å². The monoisotopic (exact) mass is 474 g/mol. The number of aliphatic hydroxyl groups is 1. The van der Waals surface area contributed by atoms with Crippen molar-refractivity contribution < 1.29 is 29.7 Å². The van der Waals surface area contributed by atoms with E-state index in [2.05, 4.69) is 4.84 Å². The molecular weight excluding hydrogens is 452 g/mol. The summed E-state index contributed by atoms with van der Waals surface area (Å²) in [6.45, 7) is 4.62. The molecule has 13 heteroatoms. The van der Waals surface area contributed by atoms with E-state index in [1.54, 1.807) is 26.0 Å². The number of aliphatic hydroxyl groups excluding tert-OH is 1. The summed E-state index contributed by atoms with van der Waals surface area (Å²) < 4.78 is 7.05. The lowest BCUT2D eigenvalue weighted by Gasteiger charge is -2.42. The van der Waals surface area contributed by atoms with Crippen LogP contribution in [0.3, 0.4) is 0 Å². The fourth-order valence-electron chi connectivity index (χ4n) is 3.90. The van der Waals surface area contributed by atoms with E-state index in [0.29, 0.717) is 11.3 Å². The Bertz CT molecular complexity index is 1200. The molecule has 1 aromatic carbocycles. The zero-order valence-electron chi connectivity index (χ0n) is 18.5. The highest BCUT2D eigenvalue weighted by molar-refractivity contribution is 5.47. The van der Waals surface area contributed by atoms with Gasteiger partial charge in [0.1, 0.15) is 29.7 Å². The van der Waals surface area contributed by atoms with Gasteiger partial charge < -0.3 is 24.1 Å². The second-order valence-corrected chi connectivity index (χ2v) is 8.36. The molecule has 4 atom stereocenters. The van der Waals surface area contributed by atoms with E-state index >= 15 is 0 Å². The summed E-state index contributed by atoms with van der Waals surface area (Å²) in [4.78, 5) is 43.7. The first-order valence-electron chi connectivity index (χ1n) is 10.2. The number of ether oxygens (including phenoxy) is 1. The minimum atomic E-state index is -1.30. The van der Waals surface area contributed by atoms with Gasteiger partial charge in [0, 0.05) is 24.2 Å². The summed E-state index contributed by atoms with van der Waals surface area (Å²) in [6.07, 6.45) is -2.57. The van der Waals surface area contributed by atoms with Gasteiger partial charge in [-0.3, -0.25) is 4.79 Å². The Balaban J connectivity index is 2.12. The van der Waals surface area contributed by atoms with Gasteiger partial charge in [-0.2, -0.15) is 5.26 Å². The number of nitriles is 1. The highest BCUT2D eigenvalue weighted by atomic mass is 17.0. The lowest BCUT2D eigenvalue weighted by atomic mass is 9.85. The van der Waals surface area contributed by atoms with Crippen LogP contribution in [0.1, 0.15) is 56.0 Å². The van der Waals surface area contributed by atoms with Crippen LogP contribution in [0.5, 0.6) is 5.75 Å². The number of rotatable bonds is 8. The summed E-state index contributed by atoms with van der Waals surface area (Å²) in [5.74, 6) is 0.364. The van der Waals surface area contributed by atoms with Gasteiger partial charge in [0.05, 0.1) is 17.7 Å². The molecule has 1 N–H and O–H groups in total. The third kappa shape index (κ3) is 5.07. The maximum absolute atomic E-state index is 12.9.